The van der Waals surface area contributed by atoms with Crippen molar-refractivity contribution in [1.29, 1.82) is 5.26 Å². The van der Waals surface area contributed by atoms with Crippen LogP contribution in [0.15, 0.2) is 42.9 Å². The fraction of sp³-hybridized carbons (Fsp3) is 0.450. The molecule has 4 rings (SSSR count). The summed E-state index contributed by atoms with van der Waals surface area (Å²) < 4.78 is 0. The van der Waals surface area contributed by atoms with Gasteiger partial charge in [-0.2, -0.15) is 5.26 Å². The Morgan fingerprint density at radius 3 is 2.36 bits per heavy atom. The molecule has 0 N–H and O–H groups in total. The van der Waals surface area contributed by atoms with Crippen molar-refractivity contribution in [3.05, 3.63) is 54.0 Å². The highest BCUT2D eigenvalue weighted by molar-refractivity contribution is 5.41. The Labute approximate surface area is 148 Å². The van der Waals surface area contributed by atoms with Crippen LogP contribution >= 0.6 is 0 Å². The van der Waals surface area contributed by atoms with E-state index in [0.717, 1.165) is 31.0 Å². The molecule has 1 aliphatic carbocycles. The standard InChI is InChI=1S/C20H23N5/c21-13-16-1-3-17(4-2-16)14-24-11-8-19(9-12-24)25(18-5-6-18)20-7-10-22-15-23-20/h1-4,7,10,15,18-19H,5-6,8-9,11-12,14H2. The van der Waals surface area contributed by atoms with Gasteiger partial charge in [-0.05, 0) is 49.4 Å². The van der Waals surface area contributed by atoms with Gasteiger partial charge in [-0.3, -0.25) is 4.90 Å². The number of nitrogens with zero attached hydrogens (tertiary/aromatic N) is 5. The average molecular weight is 333 g/mol. The molecule has 5 nitrogen and oxygen atoms in total. The molecule has 0 unspecified atom stereocenters. The summed E-state index contributed by atoms with van der Waals surface area (Å²) in [7, 11) is 0. The first-order chi connectivity index (χ1) is 12.3. The highest BCUT2D eigenvalue weighted by atomic mass is 15.3. The van der Waals surface area contributed by atoms with E-state index in [1.807, 2.05) is 24.4 Å². The average Bonchev–Trinajstić information content (AvgIpc) is 3.50. The molecule has 0 bridgehead atoms. The number of likely N-dealkylation sites (tertiary alicyclic amines) is 1. The molecule has 1 saturated heterocycles. The summed E-state index contributed by atoms with van der Waals surface area (Å²) in [6.45, 7) is 3.19. The Balaban J connectivity index is 1.36. The van der Waals surface area contributed by atoms with Gasteiger partial charge >= 0.3 is 0 Å². The second kappa shape index (κ2) is 7.20. The summed E-state index contributed by atoms with van der Waals surface area (Å²) in [6.07, 6.45) is 8.43. The highest BCUT2D eigenvalue weighted by Crippen LogP contribution is 2.35. The van der Waals surface area contributed by atoms with E-state index >= 15 is 0 Å². The van der Waals surface area contributed by atoms with E-state index in [4.69, 9.17) is 5.26 Å². The van der Waals surface area contributed by atoms with E-state index < -0.39 is 0 Å². The molecular formula is C20H23N5. The minimum Gasteiger partial charge on any atom is -0.350 e. The zero-order valence-electron chi connectivity index (χ0n) is 14.4. The summed E-state index contributed by atoms with van der Waals surface area (Å²) in [4.78, 5) is 13.6. The fourth-order valence-corrected chi connectivity index (χ4v) is 3.76. The molecule has 0 spiro atoms. The quantitative estimate of drug-likeness (QED) is 0.842. The van der Waals surface area contributed by atoms with Crippen LogP contribution in [-0.2, 0) is 6.54 Å². The van der Waals surface area contributed by atoms with E-state index in [0.29, 0.717) is 12.1 Å². The maximum absolute atomic E-state index is 8.90. The van der Waals surface area contributed by atoms with Crippen LogP contribution in [0.2, 0.25) is 0 Å². The minimum absolute atomic E-state index is 0.583. The number of benzene rings is 1. The van der Waals surface area contributed by atoms with Gasteiger partial charge in [0.15, 0.2) is 0 Å². The third kappa shape index (κ3) is 3.80. The number of piperidine rings is 1. The third-order valence-electron chi connectivity index (χ3n) is 5.21. The first kappa shape index (κ1) is 16.0. The summed E-state index contributed by atoms with van der Waals surface area (Å²) >= 11 is 0. The first-order valence-corrected chi connectivity index (χ1v) is 9.09. The summed E-state index contributed by atoms with van der Waals surface area (Å²) in [5, 5.41) is 8.90. The molecule has 1 aliphatic heterocycles. The van der Waals surface area contributed by atoms with Gasteiger partial charge in [0.05, 0.1) is 11.6 Å². The molecule has 0 radical (unpaired) electrons. The molecule has 128 valence electrons. The Bertz CT molecular complexity index is 725. The van der Waals surface area contributed by atoms with E-state index in [9.17, 15) is 0 Å². The lowest BCUT2D eigenvalue weighted by molar-refractivity contribution is 0.200. The summed E-state index contributed by atoms with van der Waals surface area (Å²) in [5.41, 5.74) is 2.01. The van der Waals surface area contributed by atoms with E-state index in [1.165, 1.54) is 31.2 Å². The normalized spacial score (nSPS) is 18.7. The Morgan fingerprint density at radius 1 is 1.04 bits per heavy atom. The van der Waals surface area contributed by atoms with E-state index in [-0.39, 0.29) is 0 Å². The number of anilines is 1. The van der Waals surface area contributed by atoms with Gasteiger partial charge in [0.2, 0.25) is 0 Å². The molecule has 0 atom stereocenters. The van der Waals surface area contributed by atoms with Crippen LogP contribution in [0.4, 0.5) is 5.82 Å². The van der Waals surface area contributed by atoms with Gasteiger partial charge in [-0.15, -0.1) is 0 Å². The predicted octanol–water partition coefficient (Wildman–Crippen LogP) is 2.98. The van der Waals surface area contributed by atoms with Crippen LogP contribution in [0.25, 0.3) is 0 Å². The van der Waals surface area contributed by atoms with Gasteiger partial charge in [0.1, 0.15) is 12.1 Å². The van der Waals surface area contributed by atoms with Crippen LogP contribution in [0, 0.1) is 11.3 Å². The maximum Gasteiger partial charge on any atom is 0.132 e. The number of nitriles is 1. The second-order valence-corrected chi connectivity index (χ2v) is 7.02. The van der Waals surface area contributed by atoms with Crippen molar-refractivity contribution in [1.82, 2.24) is 14.9 Å². The molecule has 1 saturated carbocycles. The largest absolute Gasteiger partial charge is 0.350 e. The Hall–Kier alpha value is -2.45. The molecule has 1 aromatic carbocycles. The molecule has 2 aliphatic rings. The topological polar surface area (TPSA) is 56.1 Å². The lowest BCUT2D eigenvalue weighted by Crippen LogP contribution is -2.46. The van der Waals surface area contributed by atoms with Crippen molar-refractivity contribution in [3.63, 3.8) is 0 Å². The monoisotopic (exact) mass is 333 g/mol. The second-order valence-electron chi connectivity index (χ2n) is 7.02. The van der Waals surface area contributed by atoms with Crippen molar-refractivity contribution < 1.29 is 0 Å². The smallest absolute Gasteiger partial charge is 0.132 e. The molecule has 0 amide bonds. The van der Waals surface area contributed by atoms with Gasteiger partial charge in [-0.1, -0.05) is 12.1 Å². The zero-order valence-corrected chi connectivity index (χ0v) is 14.4. The SMILES string of the molecule is N#Cc1ccc(CN2CCC(N(c3ccncn3)C3CC3)CC2)cc1. The molecule has 5 heteroatoms. The van der Waals surface area contributed by atoms with Crippen LogP contribution in [0.1, 0.15) is 36.8 Å². The summed E-state index contributed by atoms with van der Waals surface area (Å²) in [6, 6.07) is 13.4. The summed E-state index contributed by atoms with van der Waals surface area (Å²) in [5.74, 6) is 1.09. The lowest BCUT2D eigenvalue weighted by Gasteiger charge is -2.39. The molecule has 2 fully saturated rings. The maximum atomic E-state index is 8.90. The van der Waals surface area contributed by atoms with Crippen LogP contribution in [0.3, 0.4) is 0 Å². The number of hydrogen-bond donors (Lipinski definition) is 0. The van der Waals surface area contributed by atoms with Crippen molar-refractivity contribution >= 4 is 5.82 Å². The Morgan fingerprint density at radius 2 is 1.76 bits per heavy atom. The zero-order chi connectivity index (χ0) is 17.1. The number of hydrogen-bond acceptors (Lipinski definition) is 5. The van der Waals surface area contributed by atoms with Gasteiger partial charge in [-0.25, -0.2) is 9.97 Å². The van der Waals surface area contributed by atoms with E-state index in [2.05, 4.69) is 38.0 Å². The molecular weight excluding hydrogens is 310 g/mol. The molecule has 2 aromatic rings. The van der Waals surface area contributed by atoms with Crippen molar-refractivity contribution in [2.24, 2.45) is 0 Å². The molecule has 2 heterocycles. The van der Waals surface area contributed by atoms with E-state index in [1.54, 1.807) is 6.33 Å². The Kier molecular flexibility index (Phi) is 4.62. The van der Waals surface area contributed by atoms with Gasteiger partial charge in [0, 0.05) is 37.9 Å². The number of aromatic nitrogens is 2. The first-order valence-electron chi connectivity index (χ1n) is 9.09. The predicted molar refractivity (Wildman–Crippen MR) is 97.0 cm³/mol. The minimum atomic E-state index is 0.583. The van der Waals surface area contributed by atoms with Crippen LogP contribution < -0.4 is 4.90 Å². The van der Waals surface area contributed by atoms with Gasteiger partial charge in [0.25, 0.3) is 0 Å². The highest BCUT2D eigenvalue weighted by Gasteiger charge is 2.36. The van der Waals surface area contributed by atoms with Crippen molar-refractivity contribution in [2.75, 3.05) is 18.0 Å². The van der Waals surface area contributed by atoms with Gasteiger partial charge < -0.3 is 4.90 Å². The van der Waals surface area contributed by atoms with Crippen LogP contribution in [-0.4, -0.2) is 40.0 Å². The molecule has 1 aromatic heterocycles. The van der Waals surface area contributed by atoms with Crippen molar-refractivity contribution in [3.8, 4) is 6.07 Å². The van der Waals surface area contributed by atoms with Crippen molar-refractivity contribution in [2.45, 2.75) is 44.3 Å². The lowest BCUT2D eigenvalue weighted by atomic mass is 10.0. The number of rotatable bonds is 5. The fourth-order valence-electron chi connectivity index (χ4n) is 3.76. The molecule has 25 heavy (non-hydrogen) atoms. The van der Waals surface area contributed by atoms with Crippen LogP contribution in [0.5, 0.6) is 0 Å². The third-order valence-corrected chi connectivity index (χ3v) is 5.21.